The number of esters is 1. The molecule has 2 amide bonds. The number of hydrogen-bond donors (Lipinski definition) is 2. The molecular formula is C20H18N2O4. The molecule has 0 unspecified atom stereocenters. The monoisotopic (exact) mass is 350 g/mol. The number of anilines is 2. The van der Waals surface area contributed by atoms with Gasteiger partial charge in [0.15, 0.2) is 0 Å². The van der Waals surface area contributed by atoms with Gasteiger partial charge < -0.3 is 15.4 Å². The predicted molar refractivity (Wildman–Crippen MR) is 96.1 cm³/mol. The molecule has 1 saturated carbocycles. The Labute approximate surface area is 150 Å². The van der Waals surface area contributed by atoms with Gasteiger partial charge in [-0.3, -0.25) is 9.59 Å². The molecule has 1 aliphatic heterocycles. The van der Waals surface area contributed by atoms with Crippen molar-refractivity contribution in [3.05, 3.63) is 53.6 Å². The summed E-state index contributed by atoms with van der Waals surface area (Å²) >= 11 is 0. The first kappa shape index (κ1) is 16.3. The van der Waals surface area contributed by atoms with E-state index in [1.807, 2.05) is 0 Å². The zero-order valence-corrected chi connectivity index (χ0v) is 14.1. The van der Waals surface area contributed by atoms with Gasteiger partial charge in [-0.2, -0.15) is 0 Å². The van der Waals surface area contributed by atoms with E-state index in [-0.39, 0.29) is 17.7 Å². The standard InChI is InChI=1S/C20H18N2O4/c23-18-9-6-13-11-16(7-8-17(13)22-18)26-20(25)14-2-1-3-15(10-14)21-19(24)12-4-5-12/h1-3,7-8,10-12H,4-6,9H2,(H,21,24)(H,22,23). The van der Waals surface area contributed by atoms with Crippen molar-refractivity contribution < 1.29 is 19.1 Å². The average molecular weight is 350 g/mol. The van der Waals surface area contributed by atoms with Gasteiger partial charge in [0.2, 0.25) is 11.8 Å². The van der Waals surface area contributed by atoms with Gasteiger partial charge in [-0.15, -0.1) is 0 Å². The van der Waals surface area contributed by atoms with Crippen molar-refractivity contribution in [1.82, 2.24) is 0 Å². The Morgan fingerprint density at radius 3 is 2.73 bits per heavy atom. The van der Waals surface area contributed by atoms with Gasteiger partial charge in [0.25, 0.3) is 0 Å². The molecule has 132 valence electrons. The number of fused-ring (bicyclic) bond motifs is 1. The van der Waals surface area contributed by atoms with Crippen LogP contribution in [-0.2, 0) is 16.0 Å². The first-order chi connectivity index (χ1) is 12.6. The maximum Gasteiger partial charge on any atom is 0.343 e. The van der Waals surface area contributed by atoms with Crippen LogP contribution in [0.25, 0.3) is 0 Å². The summed E-state index contributed by atoms with van der Waals surface area (Å²) in [5.41, 5.74) is 2.65. The SMILES string of the molecule is O=C1CCc2cc(OC(=O)c3cccc(NC(=O)C4CC4)c3)ccc2N1. The van der Waals surface area contributed by atoms with E-state index in [9.17, 15) is 14.4 Å². The molecule has 2 aliphatic rings. The fraction of sp³-hybridized carbons (Fsp3) is 0.250. The highest BCUT2D eigenvalue weighted by Crippen LogP contribution is 2.30. The molecule has 2 aromatic carbocycles. The third-order valence-electron chi connectivity index (χ3n) is 4.50. The lowest BCUT2D eigenvalue weighted by Gasteiger charge is -2.17. The van der Waals surface area contributed by atoms with Crippen molar-refractivity contribution in [2.75, 3.05) is 10.6 Å². The lowest BCUT2D eigenvalue weighted by molar-refractivity contribution is -0.117. The summed E-state index contributed by atoms with van der Waals surface area (Å²) < 4.78 is 5.45. The van der Waals surface area contributed by atoms with Crippen molar-refractivity contribution in [3.63, 3.8) is 0 Å². The molecule has 26 heavy (non-hydrogen) atoms. The molecule has 0 saturated heterocycles. The van der Waals surface area contributed by atoms with Gasteiger partial charge in [0.05, 0.1) is 5.56 Å². The molecule has 6 heteroatoms. The normalized spacial score (nSPS) is 15.6. The molecule has 4 rings (SSSR count). The van der Waals surface area contributed by atoms with Gasteiger partial charge in [-0.05, 0) is 61.2 Å². The molecular weight excluding hydrogens is 332 g/mol. The molecule has 1 heterocycles. The van der Waals surface area contributed by atoms with Crippen LogP contribution in [0, 0.1) is 5.92 Å². The number of amides is 2. The molecule has 2 aromatic rings. The highest BCUT2D eigenvalue weighted by molar-refractivity contribution is 5.97. The molecule has 2 N–H and O–H groups in total. The van der Waals surface area contributed by atoms with Crippen molar-refractivity contribution in [1.29, 1.82) is 0 Å². The minimum Gasteiger partial charge on any atom is -0.423 e. The summed E-state index contributed by atoms with van der Waals surface area (Å²) in [7, 11) is 0. The van der Waals surface area contributed by atoms with Crippen LogP contribution in [-0.4, -0.2) is 17.8 Å². The molecule has 0 bridgehead atoms. The average Bonchev–Trinajstić information content (AvgIpc) is 3.47. The summed E-state index contributed by atoms with van der Waals surface area (Å²) in [6, 6.07) is 11.9. The lowest BCUT2D eigenvalue weighted by atomic mass is 10.0. The van der Waals surface area contributed by atoms with Crippen LogP contribution >= 0.6 is 0 Å². The minimum absolute atomic E-state index is 0.00713. The van der Waals surface area contributed by atoms with Gasteiger partial charge in [-0.25, -0.2) is 4.79 Å². The second-order valence-electron chi connectivity index (χ2n) is 6.60. The second-order valence-corrected chi connectivity index (χ2v) is 6.60. The maximum absolute atomic E-state index is 12.4. The Hall–Kier alpha value is -3.15. The number of rotatable bonds is 4. The molecule has 0 atom stereocenters. The summed E-state index contributed by atoms with van der Waals surface area (Å²) in [5, 5.41) is 5.61. The van der Waals surface area contributed by atoms with Crippen molar-refractivity contribution in [2.45, 2.75) is 25.7 Å². The first-order valence-corrected chi connectivity index (χ1v) is 8.64. The number of aryl methyl sites for hydroxylation is 1. The largest absolute Gasteiger partial charge is 0.423 e. The van der Waals surface area contributed by atoms with E-state index >= 15 is 0 Å². The third kappa shape index (κ3) is 3.59. The topological polar surface area (TPSA) is 84.5 Å². The lowest BCUT2D eigenvalue weighted by Crippen LogP contribution is -2.19. The zero-order chi connectivity index (χ0) is 18.1. The minimum atomic E-state index is -0.493. The number of carbonyl (C=O) groups is 3. The van der Waals surface area contributed by atoms with E-state index in [4.69, 9.17) is 4.74 Å². The van der Waals surface area contributed by atoms with E-state index < -0.39 is 5.97 Å². The summed E-state index contributed by atoms with van der Waals surface area (Å²) in [6.45, 7) is 0. The van der Waals surface area contributed by atoms with Gasteiger partial charge in [0.1, 0.15) is 5.75 Å². The smallest absolute Gasteiger partial charge is 0.343 e. The van der Waals surface area contributed by atoms with E-state index in [2.05, 4.69) is 10.6 Å². The van der Waals surface area contributed by atoms with Crippen LogP contribution in [0.3, 0.4) is 0 Å². The predicted octanol–water partition coefficient (Wildman–Crippen LogP) is 3.14. The number of nitrogens with one attached hydrogen (secondary N) is 2. The van der Waals surface area contributed by atoms with Crippen LogP contribution in [0.1, 0.15) is 35.2 Å². The maximum atomic E-state index is 12.4. The Morgan fingerprint density at radius 2 is 1.92 bits per heavy atom. The van der Waals surface area contributed by atoms with E-state index in [0.717, 1.165) is 24.1 Å². The van der Waals surface area contributed by atoms with Crippen LogP contribution in [0.5, 0.6) is 5.75 Å². The van der Waals surface area contributed by atoms with E-state index in [0.29, 0.717) is 29.8 Å². The third-order valence-corrected chi connectivity index (χ3v) is 4.50. The quantitative estimate of drug-likeness (QED) is 0.655. The van der Waals surface area contributed by atoms with Crippen LogP contribution in [0.15, 0.2) is 42.5 Å². The molecule has 0 aromatic heterocycles. The first-order valence-electron chi connectivity index (χ1n) is 8.64. The van der Waals surface area contributed by atoms with Gasteiger partial charge >= 0.3 is 5.97 Å². The molecule has 0 spiro atoms. The Bertz CT molecular complexity index is 902. The highest BCUT2D eigenvalue weighted by Gasteiger charge is 2.29. The number of benzene rings is 2. The fourth-order valence-electron chi connectivity index (χ4n) is 2.90. The summed E-state index contributed by atoms with van der Waals surface area (Å²) in [5.74, 6) is 0.0192. The van der Waals surface area contributed by atoms with Crippen molar-refractivity contribution >= 4 is 29.2 Å². The fourth-order valence-corrected chi connectivity index (χ4v) is 2.90. The van der Waals surface area contributed by atoms with Gasteiger partial charge in [-0.1, -0.05) is 6.07 Å². The molecule has 1 aliphatic carbocycles. The van der Waals surface area contributed by atoms with E-state index in [1.54, 1.807) is 42.5 Å². The van der Waals surface area contributed by atoms with Crippen molar-refractivity contribution in [3.8, 4) is 5.75 Å². The molecule has 1 fully saturated rings. The second kappa shape index (κ2) is 6.63. The summed E-state index contributed by atoms with van der Waals surface area (Å²) in [4.78, 5) is 35.7. The van der Waals surface area contributed by atoms with E-state index in [1.165, 1.54) is 0 Å². The van der Waals surface area contributed by atoms with Crippen LogP contribution in [0.4, 0.5) is 11.4 Å². The number of ether oxygens (including phenoxy) is 1. The Kier molecular flexibility index (Phi) is 4.16. The van der Waals surface area contributed by atoms with Crippen LogP contribution in [0.2, 0.25) is 0 Å². The van der Waals surface area contributed by atoms with Crippen molar-refractivity contribution in [2.24, 2.45) is 5.92 Å². The Morgan fingerprint density at radius 1 is 1.08 bits per heavy atom. The summed E-state index contributed by atoms with van der Waals surface area (Å²) in [6.07, 6.45) is 2.89. The molecule has 6 nitrogen and oxygen atoms in total. The van der Waals surface area contributed by atoms with Gasteiger partial charge in [0, 0.05) is 23.7 Å². The van der Waals surface area contributed by atoms with Crippen LogP contribution < -0.4 is 15.4 Å². The number of hydrogen-bond acceptors (Lipinski definition) is 4. The number of carbonyl (C=O) groups excluding carboxylic acids is 3. The highest BCUT2D eigenvalue weighted by atomic mass is 16.5. The molecule has 0 radical (unpaired) electrons. The Balaban J connectivity index is 1.46. The zero-order valence-electron chi connectivity index (χ0n) is 14.1.